The zero-order valence-electron chi connectivity index (χ0n) is 10.2. The van der Waals surface area contributed by atoms with Crippen LogP contribution in [0.4, 0.5) is 0 Å². The molecule has 2 heteroatoms. The van der Waals surface area contributed by atoms with E-state index < -0.39 is 0 Å². The Morgan fingerprint density at radius 2 is 2.00 bits per heavy atom. The second kappa shape index (κ2) is 8.31. The van der Waals surface area contributed by atoms with E-state index in [9.17, 15) is 0 Å². The van der Waals surface area contributed by atoms with Gasteiger partial charge in [-0.05, 0) is 24.8 Å². The summed E-state index contributed by atoms with van der Waals surface area (Å²) in [6.07, 6.45) is 4.35. The van der Waals surface area contributed by atoms with Crippen LogP contribution < -0.4 is 5.73 Å². The van der Waals surface area contributed by atoms with Crippen molar-refractivity contribution in [3.05, 3.63) is 35.9 Å². The van der Waals surface area contributed by atoms with Crippen molar-refractivity contribution in [3.63, 3.8) is 0 Å². The quantitative estimate of drug-likeness (QED) is 0.685. The Kier molecular flexibility index (Phi) is 6.86. The Balaban J connectivity index is 2.00. The summed E-state index contributed by atoms with van der Waals surface area (Å²) in [5, 5.41) is 0. The molecule has 90 valence electrons. The van der Waals surface area contributed by atoms with Crippen molar-refractivity contribution in [2.24, 2.45) is 5.73 Å². The molecule has 0 spiro atoms. The lowest BCUT2D eigenvalue weighted by Gasteiger charge is -2.10. The van der Waals surface area contributed by atoms with Crippen molar-refractivity contribution in [2.75, 3.05) is 13.2 Å². The molecule has 1 unspecified atom stereocenters. The van der Waals surface area contributed by atoms with Gasteiger partial charge in [0.15, 0.2) is 0 Å². The third-order valence-corrected chi connectivity index (χ3v) is 2.59. The molecule has 2 nitrogen and oxygen atoms in total. The summed E-state index contributed by atoms with van der Waals surface area (Å²) in [7, 11) is 0. The van der Waals surface area contributed by atoms with Crippen LogP contribution in [0.15, 0.2) is 30.3 Å². The molecular formula is C14H23NO. The topological polar surface area (TPSA) is 35.2 Å². The number of aryl methyl sites for hydroxylation is 1. The average molecular weight is 221 g/mol. The van der Waals surface area contributed by atoms with Gasteiger partial charge in [-0.15, -0.1) is 0 Å². The molecule has 0 aliphatic heterocycles. The summed E-state index contributed by atoms with van der Waals surface area (Å²) >= 11 is 0. The molecule has 0 amide bonds. The van der Waals surface area contributed by atoms with E-state index in [1.54, 1.807) is 0 Å². The van der Waals surface area contributed by atoms with Crippen LogP contribution >= 0.6 is 0 Å². The van der Waals surface area contributed by atoms with Gasteiger partial charge in [0, 0.05) is 12.6 Å². The van der Waals surface area contributed by atoms with E-state index in [1.165, 1.54) is 5.56 Å². The summed E-state index contributed by atoms with van der Waals surface area (Å²) in [6, 6.07) is 10.7. The molecule has 0 fully saturated rings. The smallest absolute Gasteiger partial charge is 0.0617 e. The number of benzene rings is 1. The molecule has 16 heavy (non-hydrogen) atoms. The Hall–Kier alpha value is -0.860. The Morgan fingerprint density at radius 1 is 1.25 bits per heavy atom. The molecule has 0 aliphatic carbocycles. The van der Waals surface area contributed by atoms with E-state index in [0.717, 1.165) is 32.3 Å². The minimum absolute atomic E-state index is 0.210. The van der Waals surface area contributed by atoms with Gasteiger partial charge in [-0.25, -0.2) is 0 Å². The van der Waals surface area contributed by atoms with Crippen LogP contribution in [-0.2, 0) is 11.2 Å². The molecule has 1 rings (SSSR count). The van der Waals surface area contributed by atoms with Crippen molar-refractivity contribution in [2.45, 2.75) is 38.6 Å². The van der Waals surface area contributed by atoms with Crippen LogP contribution in [0.5, 0.6) is 0 Å². The van der Waals surface area contributed by atoms with Crippen LogP contribution in [0, 0.1) is 0 Å². The Labute approximate surface area is 98.8 Å². The van der Waals surface area contributed by atoms with Gasteiger partial charge in [0.1, 0.15) is 0 Å². The molecule has 0 aliphatic rings. The van der Waals surface area contributed by atoms with Gasteiger partial charge in [-0.3, -0.25) is 0 Å². The lowest BCUT2D eigenvalue weighted by Crippen LogP contribution is -2.26. The predicted molar refractivity (Wildman–Crippen MR) is 68.5 cm³/mol. The zero-order chi connectivity index (χ0) is 11.6. The molecule has 1 atom stereocenters. The van der Waals surface area contributed by atoms with Crippen LogP contribution in [0.25, 0.3) is 0 Å². The summed E-state index contributed by atoms with van der Waals surface area (Å²) in [5.74, 6) is 0. The largest absolute Gasteiger partial charge is 0.380 e. The maximum atomic E-state index is 5.85. The molecule has 0 saturated heterocycles. The molecule has 2 N–H and O–H groups in total. The van der Waals surface area contributed by atoms with Crippen LogP contribution in [0.2, 0.25) is 0 Å². The SMILES string of the molecule is CCCC(N)COCCCc1ccccc1. The lowest BCUT2D eigenvalue weighted by atomic mass is 10.1. The van der Waals surface area contributed by atoms with Gasteiger partial charge in [-0.2, -0.15) is 0 Å². The summed E-state index contributed by atoms with van der Waals surface area (Å²) in [4.78, 5) is 0. The van der Waals surface area contributed by atoms with Gasteiger partial charge in [0.2, 0.25) is 0 Å². The first-order chi connectivity index (χ1) is 7.83. The van der Waals surface area contributed by atoms with Crippen molar-refractivity contribution in [1.82, 2.24) is 0 Å². The number of hydrogen-bond donors (Lipinski definition) is 1. The fraction of sp³-hybridized carbons (Fsp3) is 0.571. The van der Waals surface area contributed by atoms with Crippen molar-refractivity contribution in [3.8, 4) is 0 Å². The summed E-state index contributed by atoms with van der Waals surface area (Å²) in [6.45, 7) is 3.66. The van der Waals surface area contributed by atoms with Crippen molar-refractivity contribution >= 4 is 0 Å². The third kappa shape index (κ3) is 5.89. The highest BCUT2D eigenvalue weighted by Gasteiger charge is 2.00. The molecule has 1 aromatic rings. The number of nitrogens with two attached hydrogens (primary N) is 1. The van der Waals surface area contributed by atoms with E-state index >= 15 is 0 Å². The van der Waals surface area contributed by atoms with Gasteiger partial charge >= 0.3 is 0 Å². The highest BCUT2D eigenvalue weighted by molar-refractivity contribution is 5.14. The summed E-state index contributed by atoms with van der Waals surface area (Å²) < 4.78 is 5.54. The van der Waals surface area contributed by atoms with Gasteiger partial charge < -0.3 is 10.5 Å². The van der Waals surface area contributed by atoms with E-state index in [1.807, 2.05) is 6.07 Å². The highest BCUT2D eigenvalue weighted by atomic mass is 16.5. The average Bonchev–Trinajstić information content (AvgIpc) is 2.30. The first kappa shape index (κ1) is 13.2. The monoisotopic (exact) mass is 221 g/mol. The Bertz CT molecular complexity index is 261. The second-order valence-electron chi connectivity index (χ2n) is 4.21. The lowest BCUT2D eigenvalue weighted by molar-refractivity contribution is 0.116. The van der Waals surface area contributed by atoms with Gasteiger partial charge in [0.05, 0.1) is 6.61 Å². The molecule has 0 heterocycles. The fourth-order valence-electron chi connectivity index (χ4n) is 1.71. The number of hydrogen-bond acceptors (Lipinski definition) is 2. The second-order valence-corrected chi connectivity index (χ2v) is 4.21. The van der Waals surface area contributed by atoms with E-state index in [4.69, 9.17) is 10.5 Å². The van der Waals surface area contributed by atoms with Gasteiger partial charge in [-0.1, -0.05) is 43.7 Å². The third-order valence-electron chi connectivity index (χ3n) is 2.59. The predicted octanol–water partition coefficient (Wildman–Crippen LogP) is 2.76. The molecule has 0 aromatic heterocycles. The number of ether oxygens (including phenoxy) is 1. The minimum atomic E-state index is 0.210. The number of rotatable bonds is 8. The zero-order valence-corrected chi connectivity index (χ0v) is 10.2. The molecule has 0 saturated carbocycles. The molecule has 0 bridgehead atoms. The molecule has 1 aromatic carbocycles. The Morgan fingerprint density at radius 3 is 2.69 bits per heavy atom. The minimum Gasteiger partial charge on any atom is -0.380 e. The van der Waals surface area contributed by atoms with Crippen LogP contribution in [0.1, 0.15) is 31.7 Å². The normalized spacial score (nSPS) is 12.6. The van der Waals surface area contributed by atoms with E-state index in [2.05, 4.69) is 31.2 Å². The first-order valence-electron chi connectivity index (χ1n) is 6.20. The highest BCUT2D eigenvalue weighted by Crippen LogP contribution is 2.02. The van der Waals surface area contributed by atoms with E-state index in [0.29, 0.717) is 6.61 Å². The maximum absolute atomic E-state index is 5.85. The molecular weight excluding hydrogens is 198 g/mol. The van der Waals surface area contributed by atoms with Crippen molar-refractivity contribution in [1.29, 1.82) is 0 Å². The van der Waals surface area contributed by atoms with Gasteiger partial charge in [0.25, 0.3) is 0 Å². The summed E-state index contributed by atoms with van der Waals surface area (Å²) in [5.41, 5.74) is 7.23. The fourth-order valence-corrected chi connectivity index (χ4v) is 1.71. The van der Waals surface area contributed by atoms with E-state index in [-0.39, 0.29) is 6.04 Å². The maximum Gasteiger partial charge on any atom is 0.0617 e. The van der Waals surface area contributed by atoms with Crippen LogP contribution in [0.3, 0.4) is 0 Å². The standard InChI is InChI=1S/C14H23NO/c1-2-7-14(15)12-16-11-6-10-13-8-4-3-5-9-13/h3-5,8-9,14H,2,6-7,10-12,15H2,1H3. The van der Waals surface area contributed by atoms with Crippen molar-refractivity contribution < 1.29 is 4.74 Å². The molecule has 0 radical (unpaired) electrons. The van der Waals surface area contributed by atoms with Crippen LogP contribution in [-0.4, -0.2) is 19.3 Å². The first-order valence-corrected chi connectivity index (χ1v) is 6.20.